The van der Waals surface area contributed by atoms with Gasteiger partial charge < -0.3 is 19.1 Å². The Labute approximate surface area is 166 Å². The fourth-order valence-electron chi connectivity index (χ4n) is 2.61. The number of ether oxygens (including phenoxy) is 3. The molecule has 28 heavy (non-hydrogen) atoms. The summed E-state index contributed by atoms with van der Waals surface area (Å²) >= 11 is 1.03. The first-order valence-corrected chi connectivity index (χ1v) is 9.74. The van der Waals surface area contributed by atoms with Crippen LogP contribution in [0.1, 0.15) is 12.5 Å². The molecule has 0 atom stereocenters. The Morgan fingerprint density at radius 1 is 1.18 bits per heavy atom. The summed E-state index contributed by atoms with van der Waals surface area (Å²) < 4.78 is 29.2. The maximum Gasteiger partial charge on any atom is 0.316 e. The predicted molar refractivity (Wildman–Crippen MR) is 102 cm³/mol. The van der Waals surface area contributed by atoms with Crippen molar-refractivity contribution in [2.75, 3.05) is 25.7 Å². The summed E-state index contributed by atoms with van der Waals surface area (Å²) in [6.45, 7) is 2.52. The number of fused-ring (bicyclic) bond motifs is 1. The van der Waals surface area contributed by atoms with Gasteiger partial charge in [-0.05, 0) is 36.8 Å². The van der Waals surface area contributed by atoms with Gasteiger partial charge in [-0.2, -0.15) is 0 Å². The van der Waals surface area contributed by atoms with E-state index in [1.54, 1.807) is 29.2 Å². The molecule has 0 aliphatic carbocycles. The summed E-state index contributed by atoms with van der Waals surface area (Å²) in [7, 11) is 0. The van der Waals surface area contributed by atoms with E-state index in [0.29, 0.717) is 29.5 Å². The molecule has 0 spiro atoms. The molecule has 6 nitrogen and oxygen atoms in total. The third-order valence-corrected chi connectivity index (χ3v) is 5.11. The highest BCUT2D eigenvalue weighted by Gasteiger charge is 2.18. The van der Waals surface area contributed by atoms with Crippen LogP contribution < -0.4 is 9.47 Å². The lowest BCUT2D eigenvalue weighted by atomic mass is 10.2. The van der Waals surface area contributed by atoms with Gasteiger partial charge in [-0.25, -0.2) is 4.39 Å². The van der Waals surface area contributed by atoms with Gasteiger partial charge in [-0.1, -0.05) is 18.2 Å². The normalized spacial score (nSPS) is 11.9. The smallest absolute Gasteiger partial charge is 0.316 e. The monoisotopic (exact) mass is 405 g/mol. The van der Waals surface area contributed by atoms with E-state index in [-0.39, 0.29) is 25.1 Å². The number of likely N-dealkylation sites (N-methyl/N-ethyl adjacent to an activating group) is 1. The molecule has 0 bridgehead atoms. The largest absolute Gasteiger partial charge is 0.455 e. The number of nitrogens with zero attached hydrogens (tertiary/aromatic N) is 1. The van der Waals surface area contributed by atoms with Crippen molar-refractivity contribution in [2.24, 2.45) is 0 Å². The second kappa shape index (κ2) is 9.45. The summed E-state index contributed by atoms with van der Waals surface area (Å²) in [6, 6.07) is 11.7. The summed E-state index contributed by atoms with van der Waals surface area (Å²) in [5.41, 5.74) is 0.890. The number of hydrogen-bond donors (Lipinski definition) is 0. The average Bonchev–Trinajstić information content (AvgIpc) is 3.17. The number of hydrogen-bond acceptors (Lipinski definition) is 6. The van der Waals surface area contributed by atoms with Crippen molar-refractivity contribution in [3.05, 3.63) is 53.8 Å². The second-order valence-electron chi connectivity index (χ2n) is 5.98. The van der Waals surface area contributed by atoms with Gasteiger partial charge in [0.2, 0.25) is 6.79 Å². The Bertz CT molecular complexity index is 860. The summed E-state index contributed by atoms with van der Waals surface area (Å²) in [5, 5.41) is 0. The minimum atomic E-state index is -0.569. The zero-order chi connectivity index (χ0) is 19.9. The molecule has 2 aromatic rings. The molecule has 0 N–H and O–H groups in total. The Hall–Kier alpha value is -2.74. The highest BCUT2D eigenvalue weighted by molar-refractivity contribution is 8.00. The van der Waals surface area contributed by atoms with E-state index < -0.39 is 11.8 Å². The fourth-order valence-corrected chi connectivity index (χ4v) is 3.35. The van der Waals surface area contributed by atoms with E-state index in [1.807, 2.05) is 19.1 Å². The van der Waals surface area contributed by atoms with Crippen LogP contribution in [0.5, 0.6) is 11.5 Å². The highest BCUT2D eigenvalue weighted by Crippen LogP contribution is 2.32. The predicted octanol–water partition coefficient (Wildman–Crippen LogP) is 3.24. The van der Waals surface area contributed by atoms with Crippen LogP contribution in [0.2, 0.25) is 0 Å². The molecular weight excluding hydrogens is 385 g/mol. The van der Waals surface area contributed by atoms with Gasteiger partial charge in [0, 0.05) is 18.0 Å². The Morgan fingerprint density at radius 2 is 1.96 bits per heavy atom. The number of esters is 1. The molecule has 1 heterocycles. The first-order valence-electron chi connectivity index (χ1n) is 8.76. The molecular formula is C20H20FNO5S. The Balaban J connectivity index is 1.47. The van der Waals surface area contributed by atoms with Crippen LogP contribution >= 0.6 is 11.8 Å². The van der Waals surface area contributed by atoms with Gasteiger partial charge in [0.1, 0.15) is 5.82 Å². The number of thioether (sulfide) groups is 1. The lowest BCUT2D eigenvalue weighted by Crippen LogP contribution is -2.34. The van der Waals surface area contributed by atoms with Gasteiger partial charge in [0.25, 0.3) is 5.91 Å². The lowest BCUT2D eigenvalue weighted by molar-refractivity contribution is -0.150. The van der Waals surface area contributed by atoms with Crippen molar-refractivity contribution in [2.45, 2.75) is 18.4 Å². The SMILES string of the molecule is CCN(Cc1ccc2c(c1)OCO2)C(=O)COC(=O)CSc1ccccc1F. The van der Waals surface area contributed by atoms with Crippen LogP contribution in [0.3, 0.4) is 0 Å². The molecule has 2 aromatic carbocycles. The first-order chi connectivity index (χ1) is 13.6. The van der Waals surface area contributed by atoms with Crippen LogP contribution in [-0.2, 0) is 20.9 Å². The molecule has 148 valence electrons. The number of halogens is 1. The maximum absolute atomic E-state index is 13.5. The zero-order valence-corrected chi connectivity index (χ0v) is 16.2. The highest BCUT2D eigenvalue weighted by atomic mass is 32.2. The summed E-state index contributed by atoms with van der Waals surface area (Å²) in [5.74, 6) is 0.00193. The van der Waals surface area contributed by atoms with Gasteiger partial charge in [0.05, 0.1) is 5.75 Å². The van der Waals surface area contributed by atoms with Crippen molar-refractivity contribution in [3.8, 4) is 11.5 Å². The van der Waals surface area contributed by atoms with Crippen molar-refractivity contribution in [1.82, 2.24) is 4.90 Å². The Kier molecular flexibility index (Phi) is 6.76. The fraction of sp³-hybridized carbons (Fsp3) is 0.300. The third kappa shape index (κ3) is 5.16. The van der Waals surface area contributed by atoms with Crippen molar-refractivity contribution >= 4 is 23.6 Å². The van der Waals surface area contributed by atoms with Gasteiger partial charge in [0.15, 0.2) is 18.1 Å². The average molecular weight is 405 g/mol. The first kappa shape index (κ1) is 20.0. The molecule has 0 saturated carbocycles. The van der Waals surface area contributed by atoms with E-state index in [0.717, 1.165) is 17.3 Å². The zero-order valence-electron chi connectivity index (χ0n) is 15.4. The van der Waals surface area contributed by atoms with E-state index in [1.165, 1.54) is 6.07 Å². The molecule has 0 saturated heterocycles. The molecule has 1 aliphatic heterocycles. The molecule has 8 heteroatoms. The molecule has 1 aliphatic rings. The molecule has 0 fully saturated rings. The van der Waals surface area contributed by atoms with Gasteiger partial charge in [-0.15, -0.1) is 11.8 Å². The minimum Gasteiger partial charge on any atom is -0.455 e. The van der Waals surface area contributed by atoms with Crippen molar-refractivity contribution < 1.29 is 28.2 Å². The van der Waals surface area contributed by atoms with E-state index >= 15 is 0 Å². The maximum atomic E-state index is 13.5. The number of benzene rings is 2. The quantitative estimate of drug-likeness (QED) is 0.496. The molecule has 1 amide bonds. The standard InChI is InChI=1S/C20H20FNO5S/c1-2-22(10-14-7-8-16-17(9-14)27-13-26-16)19(23)11-25-20(24)12-28-18-6-4-3-5-15(18)21/h3-9H,2,10-13H2,1H3. The minimum absolute atomic E-state index is 0.0670. The number of amides is 1. The van der Waals surface area contributed by atoms with Crippen molar-refractivity contribution in [3.63, 3.8) is 0 Å². The van der Waals surface area contributed by atoms with Gasteiger partial charge in [-0.3, -0.25) is 9.59 Å². The topological polar surface area (TPSA) is 65.1 Å². The van der Waals surface area contributed by atoms with Crippen LogP contribution in [0.4, 0.5) is 4.39 Å². The van der Waals surface area contributed by atoms with Crippen LogP contribution in [-0.4, -0.2) is 42.5 Å². The lowest BCUT2D eigenvalue weighted by Gasteiger charge is -2.21. The number of carbonyl (C=O) groups excluding carboxylic acids is 2. The Morgan fingerprint density at radius 3 is 2.75 bits per heavy atom. The summed E-state index contributed by atoms with van der Waals surface area (Å²) in [6.07, 6.45) is 0. The van der Waals surface area contributed by atoms with E-state index in [9.17, 15) is 14.0 Å². The molecule has 0 radical (unpaired) electrons. The van der Waals surface area contributed by atoms with E-state index in [4.69, 9.17) is 14.2 Å². The van der Waals surface area contributed by atoms with E-state index in [2.05, 4.69) is 0 Å². The number of rotatable bonds is 8. The molecule has 3 rings (SSSR count). The van der Waals surface area contributed by atoms with Crippen LogP contribution in [0.15, 0.2) is 47.4 Å². The summed E-state index contributed by atoms with van der Waals surface area (Å²) in [4.78, 5) is 26.2. The van der Waals surface area contributed by atoms with Gasteiger partial charge >= 0.3 is 5.97 Å². The molecule has 0 unspecified atom stereocenters. The number of carbonyl (C=O) groups is 2. The van der Waals surface area contributed by atoms with Crippen LogP contribution in [0.25, 0.3) is 0 Å². The van der Waals surface area contributed by atoms with Crippen molar-refractivity contribution in [1.29, 1.82) is 0 Å². The third-order valence-electron chi connectivity index (χ3n) is 4.08. The van der Waals surface area contributed by atoms with Crippen LogP contribution in [0, 0.1) is 5.82 Å². The molecule has 0 aromatic heterocycles. The second-order valence-corrected chi connectivity index (χ2v) is 6.99.